The third kappa shape index (κ3) is 4.36. The number of amides is 1. The fourth-order valence-electron chi connectivity index (χ4n) is 3.15. The number of aryl methyl sites for hydroxylation is 2. The van der Waals surface area contributed by atoms with Gasteiger partial charge >= 0.3 is 0 Å². The van der Waals surface area contributed by atoms with Gasteiger partial charge in [0.1, 0.15) is 0 Å². The zero-order chi connectivity index (χ0) is 16.2. The van der Waals surface area contributed by atoms with Crippen molar-refractivity contribution >= 4 is 24.0 Å². The standard InChI is InChI=1S/C18H24N4O.ClH/c1-13-11-14(2)22(21-13)17-6-4-3-5-16(17)20-18(23)8-7-15-9-10-19-12-15;/h3-6,11,15,19H,7-10,12H2,1-2H3,(H,20,23);1H. The molecule has 0 bridgehead atoms. The first-order valence-electron chi connectivity index (χ1n) is 8.27. The Morgan fingerprint density at radius 1 is 1.38 bits per heavy atom. The summed E-state index contributed by atoms with van der Waals surface area (Å²) in [5.74, 6) is 0.706. The van der Waals surface area contributed by atoms with Crippen LogP contribution in [0.1, 0.15) is 30.7 Å². The molecule has 1 aliphatic heterocycles. The number of nitrogens with zero attached hydrogens (tertiary/aromatic N) is 2. The molecule has 1 saturated heterocycles. The quantitative estimate of drug-likeness (QED) is 0.872. The molecule has 130 valence electrons. The van der Waals surface area contributed by atoms with Crippen molar-refractivity contribution in [2.45, 2.75) is 33.1 Å². The van der Waals surface area contributed by atoms with E-state index >= 15 is 0 Å². The lowest BCUT2D eigenvalue weighted by Crippen LogP contribution is -2.16. The largest absolute Gasteiger partial charge is 0.324 e. The van der Waals surface area contributed by atoms with Gasteiger partial charge in [0.05, 0.1) is 17.1 Å². The SMILES string of the molecule is Cc1cc(C)n(-c2ccccc2NC(=O)CCC2CCNC2)n1.Cl. The van der Waals surface area contributed by atoms with E-state index in [0.29, 0.717) is 12.3 Å². The summed E-state index contributed by atoms with van der Waals surface area (Å²) in [6, 6.07) is 9.85. The molecule has 3 rings (SSSR count). The second-order valence-corrected chi connectivity index (χ2v) is 6.30. The Labute approximate surface area is 149 Å². The van der Waals surface area contributed by atoms with Crippen molar-refractivity contribution in [1.82, 2.24) is 15.1 Å². The van der Waals surface area contributed by atoms with E-state index < -0.39 is 0 Å². The van der Waals surface area contributed by atoms with Crippen LogP contribution in [0.15, 0.2) is 30.3 Å². The predicted octanol–water partition coefficient (Wildman–Crippen LogP) is 3.24. The molecule has 5 nitrogen and oxygen atoms in total. The van der Waals surface area contributed by atoms with Crippen LogP contribution in [0.5, 0.6) is 0 Å². The van der Waals surface area contributed by atoms with Crippen LogP contribution in [0.3, 0.4) is 0 Å². The van der Waals surface area contributed by atoms with Gasteiger partial charge < -0.3 is 10.6 Å². The molecule has 24 heavy (non-hydrogen) atoms. The van der Waals surface area contributed by atoms with Crippen molar-refractivity contribution < 1.29 is 4.79 Å². The molecule has 1 unspecified atom stereocenters. The van der Waals surface area contributed by atoms with Gasteiger partial charge in [0, 0.05) is 12.1 Å². The van der Waals surface area contributed by atoms with E-state index in [4.69, 9.17) is 0 Å². The maximum Gasteiger partial charge on any atom is 0.224 e. The molecular weight excluding hydrogens is 324 g/mol. The minimum Gasteiger partial charge on any atom is -0.324 e. The first-order valence-corrected chi connectivity index (χ1v) is 8.27. The maximum atomic E-state index is 12.3. The number of hydrogen-bond donors (Lipinski definition) is 2. The van der Waals surface area contributed by atoms with Crippen LogP contribution in [0.25, 0.3) is 5.69 Å². The Morgan fingerprint density at radius 2 is 2.17 bits per heavy atom. The highest BCUT2D eigenvalue weighted by atomic mass is 35.5. The average Bonchev–Trinajstić information content (AvgIpc) is 3.15. The summed E-state index contributed by atoms with van der Waals surface area (Å²) < 4.78 is 1.88. The Hall–Kier alpha value is -1.85. The minimum absolute atomic E-state index is 0. The molecule has 0 aliphatic carbocycles. The highest BCUT2D eigenvalue weighted by Crippen LogP contribution is 2.22. The molecule has 1 aliphatic rings. The van der Waals surface area contributed by atoms with Crippen LogP contribution in [0.4, 0.5) is 5.69 Å². The summed E-state index contributed by atoms with van der Waals surface area (Å²) in [5, 5.41) is 10.9. The molecule has 2 aromatic rings. The van der Waals surface area contributed by atoms with Gasteiger partial charge in [0.2, 0.25) is 5.91 Å². The molecule has 1 aromatic carbocycles. The lowest BCUT2D eigenvalue weighted by Gasteiger charge is -2.13. The Morgan fingerprint density at radius 3 is 2.83 bits per heavy atom. The van der Waals surface area contributed by atoms with Crippen LogP contribution in [0, 0.1) is 19.8 Å². The second kappa shape index (κ2) is 8.31. The number of rotatable bonds is 5. The van der Waals surface area contributed by atoms with Crippen molar-refractivity contribution in [3.05, 3.63) is 41.7 Å². The minimum atomic E-state index is 0. The number of anilines is 1. The normalized spacial score (nSPS) is 16.7. The van der Waals surface area contributed by atoms with Gasteiger partial charge in [0.25, 0.3) is 0 Å². The van der Waals surface area contributed by atoms with Crippen LogP contribution in [-0.4, -0.2) is 28.8 Å². The van der Waals surface area contributed by atoms with Gasteiger partial charge in [-0.05, 0) is 63.9 Å². The Kier molecular flexibility index (Phi) is 6.40. The van der Waals surface area contributed by atoms with E-state index in [-0.39, 0.29) is 18.3 Å². The van der Waals surface area contributed by atoms with Crippen LogP contribution in [-0.2, 0) is 4.79 Å². The van der Waals surface area contributed by atoms with E-state index in [2.05, 4.69) is 15.7 Å². The third-order valence-electron chi connectivity index (χ3n) is 4.36. The van der Waals surface area contributed by atoms with Gasteiger partial charge in [0.15, 0.2) is 0 Å². The highest BCUT2D eigenvalue weighted by molar-refractivity contribution is 5.92. The number of nitrogens with one attached hydrogen (secondary N) is 2. The monoisotopic (exact) mass is 348 g/mol. The fraction of sp³-hybridized carbons (Fsp3) is 0.444. The summed E-state index contributed by atoms with van der Waals surface area (Å²) in [5.41, 5.74) is 3.75. The Balaban J connectivity index is 0.00000208. The van der Waals surface area contributed by atoms with E-state index in [0.717, 1.165) is 42.3 Å². The number of carbonyl (C=O) groups excluding carboxylic acids is 1. The third-order valence-corrected chi connectivity index (χ3v) is 4.36. The fourth-order valence-corrected chi connectivity index (χ4v) is 3.15. The first-order chi connectivity index (χ1) is 11.1. The van der Waals surface area contributed by atoms with E-state index in [1.165, 1.54) is 6.42 Å². The molecule has 1 amide bonds. The van der Waals surface area contributed by atoms with E-state index in [1.54, 1.807) is 0 Å². The number of aromatic nitrogens is 2. The van der Waals surface area contributed by atoms with Gasteiger partial charge in [-0.2, -0.15) is 5.10 Å². The zero-order valence-electron chi connectivity index (χ0n) is 14.2. The molecule has 1 fully saturated rings. The maximum absolute atomic E-state index is 12.3. The van der Waals surface area contributed by atoms with Crippen molar-refractivity contribution in [3.63, 3.8) is 0 Å². The van der Waals surface area contributed by atoms with E-state index in [1.807, 2.05) is 48.9 Å². The van der Waals surface area contributed by atoms with Gasteiger partial charge in [-0.15, -0.1) is 12.4 Å². The lowest BCUT2D eigenvalue weighted by atomic mass is 10.0. The molecule has 2 heterocycles. The molecule has 1 atom stereocenters. The lowest BCUT2D eigenvalue weighted by molar-refractivity contribution is -0.116. The first kappa shape index (κ1) is 18.5. The van der Waals surface area contributed by atoms with Crippen molar-refractivity contribution in [2.75, 3.05) is 18.4 Å². The number of halogens is 1. The number of carbonyl (C=O) groups is 1. The molecule has 6 heteroatoms. The molecule has 0 saturated carbocycles. The predicted molar refractivity (Wildman–Crippen MR) is 99.1 cm³/mol. The summed E-state index contributed by atoms with van der Waals surface area (Å²) in [6.45, 7) is 6.11. The summed E-state index contributed by atoms with van der Waals surface area (Å²) >= 11 is 0. The summed E-state index contributed by atoms with van der Waals surface area (Å²) in [6.07, 6.45) is 2.69. The van der Waals surface area contributed by atoms with Crippen molar-refractivity contribution in [3.8, 4) is 5.69 Å². The van der Waals surface area contributed by atoms with Crippen molar-refractivity contribution in [2.24, 2.45) is 5.92 Å². The van der Waals surface area contributed by atoms with Crippen LogP contribution in [0.2, 0.25) is 0 Å². The average molecular weight is 349 g/mol. The molecular formula is C18H25ClN4O. The topological polar surface area (TPSA) is 59.0 Å². The summed E-state index contributed by atoms with van der Waals surface area (Å²) in [7, 11) is 0. The smallest absolute Gasteiger partial charge is 0.224 e. The highest BCUT2D eigenvalue weighted by Gasteiger charge is 2.16. The van der Waals surface area contributed by atoms with Crippen molar-refractivity contribution in [1.29, 1.82) is 0 Å². The van der Waals surface area contributed by atoms with Gasteiger partial charge in [-0.3, -0.25) is 4.79 Å². The summed E-state index contributed by atoms with van der Waals surface area (Å²) in [4.78, 5) is 12.3. The van der Waals surface area contributed by atoms with Gasteiger partial charge in [-0.25, -0.2) is 4.68 Å². The number of benzene rings is 1. The second-order valence-electron chi connectivity index (χ2n) is 6.30. The zero-order valence-corrected chi connectivity index (χ0v) is 15.0. The molecule has 0 spiro atoms. The molecule has 1 aromatic heterocycles. The number of hydrogen-bond acceptors (Lipinski definition) is 3. The van der Waals surface area contributed by atoms with Crippen LogP contribution < -0.4 is 10.6 Å². The van der Waals surface area contributed by atoms with E-state index in [9.17, 15) is 4.79 Å². The molecule has 0 radical (unpaired) electrons. The van der Waals surface area contributed by atoms with Gasteiger partial charge in [-0.1, -0.05) is 12.1 Å². The Bertz CT molecular complexity index is 692. The molecule has 2 N–H and O–H groups in total. The van der Waals surface area contributed by atoms with Crippen LogP contribution >= 0.6 is 12.4 Å². The number of para-hydroxylation sites is 2.